The Morgan fingerprint density at radius 3 is 3.00 bits per heavy atom. The normalized spacial score (nSPS) is 12.1. The van der Waals surface area contributed by atoms with E-state index in [-0.39, 0.29) is 6.04 Å². The molecule has 0 unspecified atom stereocenters. The Kier molecular flexibility index (Phi) is 5.17. The van der Waals surface area contributed by atoms with Crippen LogP contribution >= 0.6 is 11.6 Å². The molecule has 0 saturated carbocycles. The van der Waals surface area contributed by atoms with Gasteiger partial charge in [0.15, 0.2) is 0 Å². The summed E-state index contributed by atoms with van der Waals surface area (Å²) in [7, 11) is 0. The number of hydrogen-bond acceptors (Lipinski definition) is 2. The molecule has 15 heavy (non-hydrogen) atoms. The van der Waals surface area contributed by atoms with Gasteiger partial charge in [-0.1, -0.05) is 23.7 Å². The minimum absolute atomic E-state index is 0.280. The van der Waals surface area contributed by atoms with Crippen LogP contribution in [0.2, 0.25) is 5.02 Å². The molecule has 0 aliphatic carbocycles. The number of nitrogens with zero attached hydrogens (tertiary/aromatic N) is 1. The van der Waals surface area contributed by atoms with Gasteiger partial charge >= 0.3 is 0 Å². The summed E-state index contributed by atoms with van der Waals surface area (Å²) < 4.78 is 0. The van der Waals surface area contributed by atoms with Crippen molar-refractivity contribution in [1.82, 2.24) is 5.32 Å². The molecule has 0 aromatic heterocycles. The molecule has 0 amide bonds. The minimum Gasteiger partial charge on any atom is -0.310 e. The standard InChI is InChI=1S/C12H15ClN2/c1-10(15-8-3-2-7-14)11-5-4-6-12(13)9-11/h4-6,9-10,15H,2-3,8H2,1H3/t10-/m1/s1. The third kappa shape index (κ3) is 4.33. The Balaban J connectivity index is 2.40. The van der Waals surface area contributed by atoms with E-state index in [2.05, 4.69) is 18.3 Å². The van der Waals surface area contributed by atoms with Crippen molar-refractivity contribution in [3.8, 4) is 6.07 Å². The van der Waals surface area contributed by atoms with Crippen LogP contribution in [0.15, 0.2) is 24.3 Å². The van der Waals surface area contributed by atoms with Crippen molar-refractivity contribution in [3.63, 3.8) is 0 Å². The lowest BCUT2D eigenvalue weighted by Crippen LogP contribution is -2.19. The Labute approximate surface area is 95.9 Å². The van der Waals surface area contributed by atoms with Crippen LogP contribution < -0.4 is 5.32 Å². The van der Waals surface area contributed by atoms with Crippen molar-refractivity contribution in [3.05, 3.63) is 34.9 Å². The van der Waals surface area contributed by atoms with Gasteiger partial charge in [-0.25, -0.2) is 0 Å². The first-order chi connectivity index (χ1) is 7.24. The average Bonchev–Trinajstić information content (AvgIpc) is 2.24. The van der Waals surface area contributed by atoms with Gasteiger partial charge in [0.1, 0.15) is 0 Å². The van der Waals surface area contributed by atoms with Crippen LogP contribution in [0.25, 0.3) is 0 Å². The predicted molar refractivity (Wildman–Crippen MR) is 62.7 cm³/mol. The Bertz CT molecular complexity index is 344. The van der Waals surface area contributed by atoms with Gasteiger partial charge in [0.2, 0.25) is 0 Å². The molecule has 1 aromatic rings. The molecule has 0 aliphatic rings. The summed E-state index contributed by atoms with van der Waals surface area (Å²) in [5, 5.41) is 12.5. The summed E-state index contributed by atoms with van der Waals surface area (Å²) in [4.78, 5) is 0. The topological polar surface area (TPSA) is 35.8 Å². The van der Waals surface area contributed by atoms with Gasteiger partial charge in [0.25, 0.3) is 0 Å². The zero-order chi connectivity index (χ0) is 11.1. The SMILES string of the molecule is C[C@@H](NCCCC#N)c1cccc(Cl)c1. The van der Waals surface area contributed by atoms with Crippen molar-refractivity contribution < 1.29 is 0 Å². The first-order valence-corrected chi connectivity index (χ1v) is 5.47. The van der Waals surface area contributed by atoms with E-state index < -0.39 is 0 Å². The molecule has 0 radical (unpaired) electrons. The summed E-state index contributed by atoms with van der Waals surface area (Å²) in [5.41, 5.74) is 1.18. The molecular formula is C12H15ClN2. The monoisotopic (exact) mass is 222 g/mol. The van der Waals surface area contributed by atoms with Gasteiger partial charge in [-0.05, 0) is 37.6 Å². The lowest BCUT2D eigenvalue weighted by atomic mass is 10.1. The van der Waals surface area contributed by atoms with E-state index >= 15 is 0 Å². The van der Waals surface area contributed by atoms with E-state index in [1.54, 1.807) is 0 Å². The first kappa shape index (κ1) is 12.0. The molecule has 0 bridgehead atoms. The van der Waals surface area contributed by atoms with Crippen LogP contribution in [0.4, 0.5) is 0 Å². The highest BCUT2D eigenvalue weighted by atomic mass is 35.5. The fraction of sp³-hybridized carbons (Fsp3) is 0.417. The molecule has 80 valence electrons. The maximum absolute atomic E-state index is 8.39. The summed E-state index contributed by atoms with van der Waals surface area (Å²) >= 11 is 5.90. The summed E-state index contributed by atoms with van der Waals surface area (Å²) in [6.45, 7) is 2.96. The molecule has 0 heterocycles. The number of hydrogen-bond donors (Lipinski definition) is 1. The lowest BCUT2D eigenvalue weighted by molar-refractivity contribution is 0.562. The van der Waals surface area contributed by atoms with E-state index in [1.165, 1.54) is 5.56 Å². The fourth-order valence-electron chi connectivity index (χ4n) is 1.38. The number of halogens is 1. The zero-order valence-electron chi connectivity index (χ0n) is 8.83. The van der Waals surface area contributed by atoms with E-state index in [1.807, 2.05) is 24.3 Å². The summed E-state index contributed by atoms with van der Waals surface area (Å²) in [6.07, 6.45) is 1.50. The predicted octanol–water partition coefficient (Wildman–Crippen LogP) is 3.29. The van der Waals surface area contributed by atoms with Crippen molar-refractivity contribution in [1.29, 1.82) is 5.26 Å². The highest BCUT2D eigenvalue weighted by Gasteiger charge is 2.03. The van der Waals surface area contributed by atoms with E-state index in [0.717, 1.165) is 18.0 Å². The van der Waals surface area contributed by atoms with Gasteiger partial charge in [-0.15, -0.1) is 0 Å². The van der Waals surface area contributed by atoms with Crippen LogP contribution in [-0.2, 0) is 0 Å². The molecule has 2 nitrogen and oxygen atoms in total. The second kappa shape index (κ2) is 6.44. The quantitative estimate of drug-likeness (QED) is 0.776. The maximum Gasteiger partial charge on any atom is 0.0622 e. The molecular weight excluding hydrogens is 208 g/mol. The smallest absolute Gasteiger partial charge is 0.0622 e. The van der Waals surface area contributed by atoms with Crippen LogP contribution in [0.3, 0.4) is 0 Å². The van der Waals surface area contributed by atoms with Gasteiger partial charge < -0.3 is 5.32 Å². The largest absolute Gasteiger partial charge is 0.310 e. The van der Waals surface area contributed by atoms with Crippen LogP contribution in [-0.4, -0.2) is 6.54 Å². The molecule has 0 spiro atoms. The molecule has 1 N–H and O–H groups in total. The lowest BCUT2D eigenvalue weighted by Gasteiger charge is -2.13. The van der Waals surface area contributed by atoms with E-state index in [9.17, 15) is 0 Å². The fourth-order valence-corrected chi connectivity index (χ4v) is 1.58. The Morgan fingerprint density at radius 2 is 2.33 bits per heavy atom. The number of nitrogens with one attached hydrogen (secondary N) is 1. The van der Waals surface area contributed by atoms with Crippen LogP contribution in [0.5, 0.6) is 0 Å². The van der Waals surface area contributed by atoms with Gasteiger partial charge in [-0.3, -0.25) is 0 Å². The molecule has 3 heteroatoms. The minimum atomic E-state index is 0.280. The second-order valence-electron chi connectivity index (χ2n) is 3.49. The van der Waals surface area contributed by atoms with E-state index in [0.29, 0.717) is 6.42 Å². The molecule has 0 aliphatic heterocycles. The molecule has 1 rings (SSSR count). The molecule has 0 fully saturated rings. The summed E-state index contributed by atoms with van der Waals surface area (Å²) in [5.74, 6) is 0. The average molecular weight is 223 g/mol. The zero-order valence-corrected chi connectivity index (χ0v) is 9.59. The number of rotatable bonds is 5. The maximum atomic E-state index is 8.39. The number of unbranched alkanes of at least 4 members (excludes halogenated alkanes) is 1. The van der Waals surface area contributed by atoms with Crippen LogP contribution in [0, 0.1) is 11.3 Å². The third-order valence-electron chi connectivity index (χ3n) is 2.26. The molecule has 0 saturated heterocycles. The van der Waals surface area contributed by atoms with Crippen molar-refractivity contribution >= 4 is 11.6 Å². The Hall–Kier alpha value is -1.04. The molecule has 1 aromatic carbocycles. The molecule has 1 atom stereocenters. The van der Waals surface area contributed by atoms with Gasteiger partial charge in [0.05, 0.1) is 6.07 Å². The first-order valence-electron chi connectivity index (χ1n) is 5.10. The number of benzene rings is 1. The van der Waals surface area contributed by atoms with Crippen molar-refractivity contribution in [2.75, 3.05) is 6.54 Å². The van der Waals surface area contributed by atoms with Gasteiger partial charge in [0, 0.05) is 17.5 Å². The van der Waals surface area contributed by atoms with E-state index in [4.69, 9.17) is 16.9 Å². The summed E-state index contributed by atoms with van der Waals surface area (Å²) in [6, 6.07) is 10.2. The second-order valence-corrected chi connectivity index (χ2v) is 3.93. The van der Waals surface area contributed by atoms with Crippen molar-refractivity contribution in [2.45, 2.75) is 25.8 Å². The highest BCUT2D eigenvalue weighted by molar-refractivity contribution is 6.30. The third-order valence-corrected chi connectivity index (χ3v) is 2.50. The highest BCUT2D eigenvalue weighted by Crippen LogP contribution is 2.17. The van der Waals surface area contributed by atoms with Crippen LogP contribution in [0.1, 0.15) is 31.4 Å². The Morgan fingerprint density at radius 1 is 1.53 bits per heavy atom. The number of nitriles is 1. The van der Waals surface area contributed by atoms with Gasteiger partial charge in [-0.2, -0.15) is 5.26 Å². The van der Waals surface area contributed by atoms with Crippen molar-refractivity contribution in [2.24, 2.45) is 0 Å².